The maximum atomic E-state index is 14.6. The Balaban J connectivity index is 1.82. The monoisotopic (exact) mass is 481 g/mol. The summed E-state index contributed by atoms with van der Waals surface area (Å²) < 4.78 is 20.5. The first-order valence-electron chi connectivity index (χ1n) is 11.0. The maximum Gasteiger partial charge on any atom is 0.267 e. The van der Waals surface area contributed by atoms with Crippen LogP contribution in [0.1, 0.15) is 63.8 Å². The first kappa shape index (κ1) is 23.7. The van der Waals surface area contributed by atoms with Gasteiger partial charge in [0.1, 0.15) is 17.3 Å². The van der Waals surface area contributed by atoms with Crippen molar-refractivity contribution in [2.45, 2.75) is 45.4 Å². The maximum absolute atomic E-state index is 14.6. The number of hydrogen-bond acceptors (Lipinski definition) is 4. The number of benzene rings is 2. The zero-order valence-corrected chi connectivity index (χ0v) is 19.7. The van der Waals surface area contributed by atoms with Crippen LogP contribution in [-0.4, -0.2) is 27.8 Å². The summed E-state index contributed by atoms with van der Waals surface area (Å²) in [5.41, 5.74) is 7.69. The third-order valence-corrected chi connectivity index (χ3v) is 6.02. The molecule has 0 aliphatic heterocycles. The van der Waals surface area contributed by atoms with E-state index < -0.39 is 11.9 Å². The second-order valence-corrected chi connectivity index (χ2v) is 8.92. The Morgan fingerprint density at radius 1 is 1.24 bits per heavy atom. The average molecular weight is 482 g/mol. The SMILES string of the molecule is CC(C)Oc1ccccc1C(=O)N(Cc1cccnc1C(N)=O)[C@@H]1CCc2c(F)cc(Cl)cc21. The van der Waals surface area contributed by atoms with Crippen molar-refractivity contribution in [1.82, 2.24) is 9.88 Å². The molecule has 1 heterocycles. The van der Waals surface area contributed by atoms with Gasteiger partial charge in [-0.2, -0.15) is 0 Å². The van der Waals surface area contributed by atoms with E-state index in [9.17, 15) is 14.0 Å². The number of para-hydroxylation sites is 1. The van der Waals surface area contributed by atoms with Crippen LogP contribution in [-0.2, 0) is 13.0 Å². The fourth-order valence-electron chi connectivity index (χ4n) is 4.39. The fraction of sp³-hybridized carbons (Fsp3) is 0.269. The highest BCUT2D eigenvalue weighted by atomic mass is 35.5. The van der Waals surface area contributed by atoms with Gasteiger partial charge >= 0.3 is 0 Å². The van der Waals surface area contributed by atoms with E-state index in [1.807, 2.05) is 13.8 Å². The molecular weight excluding hydrogens is 457 g/mol. The Hall–Kier alpha value is -3.45. The van der Waals surface area contributed by atoms with Crippen molar-refractivity contribution in [3.05, 3.63) is 93.5 Å². The average Bonchev–Trinajstić information content (AvgIpc) is 3.21. The van der Waals surface area contributed by atoms with Gasteiger partial charge in [-0.05, 0) is 68.1 Å². The summed E-state index contributed by atoms with van der Waals surface area (Å²) >= 11 is 6.17. The minimum absolute atomic E-state index is 0.0548. The lowest BCUT2D eigenvalue weighted by molar-refractivity contribution is 0.0649. The number of primary amides is 1. The number of pyridine rings is 1. The zero-order chi connectivity index (χ0) is 24.4. The molecule has 0 fully saturated rings. The molecule has 0 saturated heterocycles. The lowest BCUT2D eigenvalue weighted by Gasteiger charge is -2.31. The smallest absolute Gasteiger partial charge is 0.267 e. The molecule has 0 radical (unpaired) electrons. The Labute approximate surface area is 202 Å². The molecule has 3 aromatic rings. The van der Waals surface area contributed by atoms with Crippen LogP contribution >= 0.6 is 11.6 Å². The molecule has 0 saturated carbocycles. The van der Waals surface area contributed by atoms with Crippen molar-refractivity contribution in [2.75, 3.05) is 0 Å². The largest absolute Gasteiger partial charge is 0.490 e. The van der Waals surface area contributed by atoms with E-state index in [1.165, 1.54) is 12.3 Å². The molecule has 0 bridgehead atoms. The molecule has 0 unspecified atom stereocenters. The highest BCUT2D eigenvalue weighted by Crippen LogP contribution is 2.41. The van der Waals surface area contributed by atoms with Crippen LogP contribution in [0.3, 0.4) is 0 Å². The number of aromatic nitrogens is 1. The van der Waals surface area contributed by atoms with Gasteiger partial charge in [-0.3, -0.25) is 14.6 Å². The van der Waals surface area contributed by atoms with E-state index >= 15 is 0 Å². The number of ether oxygens (including phenoxy) is 1. The Morgan fingerprint density at radius 3 is 2.74 bits per heavy atom. The van der Waals surface area contributed by atoms with Crippen LogP contribution in [0.4, 0.5) is 4.39 Å². The lowest BCUT2D eigenvalue weighted by atomic mass is 10.0. The first-order chi connectivity index (χ1) is 16.3. The van der Waals surface area contributed by atoms with E-state index in [-0.39, 0.29) is 35.1 Å². The van der Waals surface area contributed by atoms with Crippen LogP contribution in [0.5, 0.6) is 5.75 Å². The molecule has 1 atom stereocenters. The van der Waals surface area contributed by atoms with Gasteiger partial charge in [-0.1, -0.05) is 29.8 Å². The van der Waals surface area contributed by atoms with Gasteiger partial charge in [-0.25, -0.2) is 4.39 Å². The first-order valence-corrected chi connectivity index (χ1v) is 11.4. The van der Waals surface area contributed by atoms with E-state index in [4.69, 9.17) is 22.1 Å². The molecule has 1 aliphatic rings. The number of halogens is 2. The summed E-state index contributed by atoms with van der Waals surface area (Å²) in [6.45, 7) is 3.82. The van der Waals surface area contributed by atoms with Crippen LogP contribution in [0.15, 0.2) is 54.7 Å². The Kier molecular flexibility index (Phi) is 6.84. The minimum atomic E-state index is -0.688. The minimum Gasteiger partial charge on any atom is -0.490 e. The van der Waals surface area contributed by atoms with Crippen LogP contribution < -0.4 is 10.5 Å². The summed E-state index contributed by atoms with van der Waals surface area (Å²) in [6, 6.07) is 12.9. The predicted octanol–water partition coefficient (Wildman–Crippen LogP) is 5.09. The fourth-order valence-corrected chi connectivity index (χ4v) is 4.61. The Morgan fingerprint density at radius 2 is 2.00 bits per heavy atom. The normalized spacial score (nSPS) is 14.7. The molecule has 0 spiro atoms. The molecule has 2 aromatic carbocycles. The molecule has 8 heteroatoms. The van der Waals surface area contributed by atoms with Gasteiger partial charge in [0.25, 0.3) is 11.8 Å². The molecule has 2 amide bonds. The van der Waals surface area contributed by atoms with Crippen molar-refractivity contribution < 1.29 is 18.7 Å². The van der Waals surface area contributed by atoms with Gasteiger partial charge in [0.15, 0.2) is 0 Å². The topological polar surface area (TPSA) is 85.5 Å². The molecule has 6 nitrogen and oxygen atoms in total. The van der Waals surface area contributed by atoms with Gasteiger partial charge in [0, 0.05) is 23.3 Å². The summed E-state index contributed by atoms with van der Waals surface area (Å²) in [7, 11) is 0. The number of carbonyl (C=O) groups is 2. The van der Waals surface area contributed by atoms with Crippen LogP contribution in [0.2, 0.25) is 5.02 Å². The van der Waals surface area contributed by atoms with Crippen molar-refractivity contribution in [2.24, 2.45) is 5.73 Å². The second-order valence-electron chi connectivity index (χ2n) is 8.48. The van der Waals surface area contributed by atoms with Crippen LogP contribution in [0.25, 0.3) is 0 Å². The second kappa shape index (κ2) is 9.81. The lowest BCUT2D eigenvalue weighted by Crippen LogP contribution is -2.35. The highest BCUT2D eigenvalue weighted by Gasteiger charge is 2.35. The van der Waals surface area contributed by atoms with E-state index in [2.05, 4.69) is 4.98 Å². The van der Waals surface area contributed by atoms with Gasteiger partial charge in [-0.15, -0.1) is 0 Å². The van der Waals surface area contributed by atoms with Crippen molar-refractivity contribution >= 4 is 23.4 Å². The number of nitrogens with zero attached hydrogens (tertiary/aromatic N) is 2. The van der Waals surface area contributed by atoms with Gasteiger partial charge in [0.05, 0.1) is 17.7 Å². The molecule has 2 N–H and O–H groups in total. The third-order valence-electron chi connectivity index (χ3n) is 5.80. The number of rotatable bonds is 7. The molecule has 176 valence electrons. The third kappa shape index (κ3) is 4.75. The molecule has 1 aromatic heterocycles. The number of amides is 2. The number of fused-ring (bicyclic) bond motifs is 1. The quantitative estimate of drug-likeness (QED) is 0.509. The van der Waals surface area contributed by atoms with Crippen molar-refractivity contribution in [3.8, 4) is 5.75 Å². The summed E-state index contributed by atoms with van der Waals surface area (Å²) in [5.74, 6) is -0.939. The van der Waals surface area contributed by atoms with Crippen molar-refractivity contribution in [1.29, 1.82) is 0 Å². The summed E-state index contributed by atoms with van der Waals surface area (Å²) in [6.07, 6.45) is 2.31. The molecular formula is C26H25ClFN3O3. The molecule has 4 rings (SSSR count). The molecule has 34 heavy (non-hydrogen) atoms. The molecule has 1 aliphatic carbocycles. The van der Waals surface area contributed by atoms with Crippen LogP contribution in [0, 0.1) is 5.82 Å². The van der Waals surface area contributed by atoms with Gasteiger partial charge in [0.2, 0.25) is 0 Å². The summed E-state index contributed by atoms with van der Waals surface area (Å²) in [5, 5.41) is 0.262. The predicted molar refractivity (Wildman–Crippen MR) is 127 cm³/mol. The highest BCUT2D eigenvalue weighted by molar-refractivity contribution is 6.30. The van der Waals surface area contributed by atoms with E-state index in [0.717, 1.165) is 0 Å². The van der Waals surface area contributed by atoms with Gasteiger partial charge < -0.3 is 15.4 Å². The Bertz CT molecular complexity index is 1250. The van der Waals surface area contributed by atoms with Crippen molar-refractivity contribution in [3.63, 3.8) is 0 Å². The summed E-state index contributed by atoms with van der Waals surface area (Å²) in [4.78, 5) is 31.7. The number of nitrogens with two attached hydrogens (primary N) is 1. The number of hydrogen-bond donors (Lipinski definition) is 1. The van der Waals surface area contributed by atoms with E-state index in [1.54, 1.807) is 47.4 Å². The van der Waals surface area contributed by atoms with E-state index in [0.29, 0.717) is 40.8 Å². The standard InChI is InChI=1S/C26H25ClFN3O3/c1-15(2)34-23-8-4-3-7-19(23)26(33)31(14-16-6-5-11-30-24(16)25(29)32)22-10-9-18-20(22)12-17(27)13-21(18)28/h3-8,11-13,15,22H,9-10,14H2,1-2H3,(H2,29,32)/t22-/m1/s1. The number of carbonyl (C=O) groups excluding carboxylic acids is 2. The zero-order valence-electron chi connectivity index (χ0n) is 18.9.